The van der Waals surface area contributed by atoms with Gasteiger partial charge in [0.15, 0.2) is 6.29 Å². The molecule has 1 aliphatic rings. The van der Waals surface area contributed by atoms with Crippen molar-refractivity contribution in [1.82, 2.24) is 5.32 Å². The summed E-state index contributed by atoms with van der Waals surface area (Å²) >= 11 is 0. The average Bonchev–Trinajstić information content (AvgIpc) is 3.06. The van der Waals surface area contributed by atoms with Gasteiger partial charge >= 0.3 is 6.09 Å². The van der Waals surface area contributed by atoms with Crippen molar-refractivity contribution < 1.29 is 29.2 Å². The van der Waals surface area contributed by atoms with Crippen LogP contribution in [0, 0.1) is 0 Å². The molecule has 0 saturated carbocycles. The number of benzene rings is 1. The molecule has 7 heteroatoms. The van der Waals surface area contributed by atoms with Crippen LogP contribution < -0.4 is 5.32 Å². The van der Waals surface area contributed by atoms with Crippen LogP contribution in [-0.4, -0.2) is 47.8 Å². The number of hydrogen-bond acceptors (Lipinski definition) is 6. The fraction of sp³-hybridized carbons (Fsp3) is 0.611. The van der Waals surface area contributed by atoms with Crippen molar-refractivity contribution in [3.05, 3.63) is 35.4 Å². The van der Waals surface area contributed by atoms with Crippen molar-refractivity contribution in [3.63, 3.8) is 0 Å². The van der Waals surface area contributed by atoms with Crippen LogP contribution in [0.4, 0.5) is 4.79 Å². The van der Waals surface area contributed by atoms with Gasteiger partial charge in [0.05, 0.1) is 19.3 Å². The molecule has 3 N–H and O–H groups in total. The summed E-state index contributed by atoms with van der Waals surface area (Å²) in [6, 6.07) is 7.14. The first kappa shape index (κ1) is 19.7. The van der Waals surface area contributed by atoms with Gasteiger partial charge in [-0.2, -0.15) is 0 Å². The van der Waals surface area contributed by atoms with Crippen LogP contribution in [0.25, 0.3) is 0 Å². The number of carbonyl (C=O) groups is 1. The highest BCUT2D eigenvalue weighted by Crippen LogP contribution is 2.31. The van der Waals surface area contributed by atoms with Crippen LogP contribution in [0.3, 0.4) is 0 Å². The fourth-order valence-electron chi connectivity index (χ4n) is 2.53. The van der Waals surface area contributed by atoms with Gasteiger partial charge in [0.25, 0.3) is 0 Å². The number of nitrogens with one attached hydrogen (secondary N) is 1. The molecule has 2 unspecified atom stereocenters. The zero-order valence-electron chi connectivity index (χ0n) is 14.9. The van der Waals surface area contributed by atoms with Crippen LogP contribution in [0.15, 0.2) is 24.3 Å². The number of hydrogen-bond donors (Lipinski definition) is 3. The third-order valence-corrected chi connectivity index (χ3v) is 3.66. The lowest BCUT2D eigenvalue weighted by Crippen LogP contribution is -2.34. The molecule has 1 saturated heterocycles. The second-order valence-corrected chi connectivity index (χ2v) is 6.93. The van der Waals surface area contributed by atoms with Gasteiger partial charge in [-0.05, 0) is 32.8 Å². The van der Waals surface area contributed by atoms with Gasteiger partial charge < -0.3 is 29.7 Å². The zero-order chi connectivity index (χ0) is 18.4. The Morgan fingerprint density at radius 1 is 1.28 bits per heavy atom. The van der Waals surface area contributed by atoms with E-state index in [-0.39, 0.29) is 13.0 Å². The first-order valence-electron chi connectivity index (χ1n) is 8.43. The Bertz CT molecular complexity index is 565. The van der Waals surface area contributed by atoms with Crippen molar-refractivity contribution in [2.24, 2.45) is 0 Å². The molecule has 1 aromatic carbocycles. The topological polar surface area (TPSA) is 97.3 Å². The van der Waals surface area contributed by atoms with Crippen LogP contribution >= 0.6 is 0 Å². The second-order valence-electron chi connectivity index (χ2n) is 6.93. The molecular formula is C18H27NO6. The van der Waals surface area contributed by atoms with Gasteiger partial charge in [-0.15, -0.1) is 0 Å². The molecule has 2 atom stereocenters. The average molecular weight is 353 g/mol. The molecule has 0 spiro atoms. The first-order valence-corrected chi connectivity index (χ1v) is 8.43. The lowest BCUT2D eigenvalue weighted by Gasteiger charge is -2.23. The summed E-state index contributed by atoms with van der Waals surface area (Å²) in [5, 5.41) is 23.3. The minimum atomic E-state index is -1.11. The van der Waals surface area contributed by atoms with Gasteiger partial charge in [-0.25, -0.2) is 4.79 Å². The Morgan fingerprint density at radius 3 is 2.56 bits per heavy atom. The molecule has 7 nitrogen and oxygen atoms in total. The van der Waals surface area contributed by atoms with Crippen molar-refractivity contribution >= 4 is 6.09 Å². The van der Waals surface area contributed by atoms with E-state index in [9.17, 15) is 15.0 Å². The number of amides is 1. The summed E-state index contributed by atoms with van der Waals surface area (Å²) < 4.78 is 16.1. The molecule has 0 radical (unpaired) electrons. The van der Waals surface area contributed by atoms with Crippen LogP contribution in [0.2, 0.25) is 0 Å². The van der Waals surface area contributed by atoms with Crippen LogP contribution in [0.1, 0.15) is 50.7 Å². The maximum Gasteiger partial charge on any atom is 0.407 e. The quantitative estimate of drug-likeness (QED) is 0.724. The molecule has 0 bridgehead atoms. The van der Waals surface area contributed by atoms with E-state index in [1.54, 1.807) is 39.0 Å². The second kappa shape index (κ2) is 8.62. The molecule has 2 rings (SSSR count). The third kappa shape index (κ3) is 5.97. The summed E-state index contributed by atoms with van der Waals surface area (Å²) in [7, 11) is 0. The predicted octanol–water partition coefficient (Wildman–Crippen LogP) is 2.04. The summed E-state index contributed by atoms with van der Waals surface area (Å²) in [5.74, 6) is 0. The number of ether oxygens (including phenoxy) is 3. The molecule has 25 heavy (non-hydrogen) atoms. The summed E-state index contributed by atoms with van der Waals surface area (Å²) in [6.07, 6.45) is -3.05. The minimum Gasteiger partial charge on any atom is -0.444 e. The van der Waals surface area contributed by atoms with Crippen molar-refractivity contribution in [1.29, 1.82) is 0 Å². The monoisotopic (exact) mass is 353 g/mol. The smallest absolute Gasteiger partial charge is 0.407 e. The van der Waals surface area contributed by atoms with E-state index >= 15 is 0 Å². The molecule has 1 fully saturated rings. The molecule has 1 aromatic rings. The van der Waals surface area contributed by atoms with Gasteiger partial charge in [-0.1, -0.05) is 24.3 Å². The highest BCUT2D eigenvalue weighted by Gasteiger charge is 2.27. The summed E-state index contributed by atoms with van der Waals surface area (Å²) in [6.45, 7) is 6.50. The SMILES string of the molecule is CC(C)(C)OC(=O)NCCC(O)C(O)c1ccccc1C1OCCO1. The van der Waals surface area contributed by atoms with Gasteiger partial charge in [0.2, 0.25) is 0 Å². The number of rotatable bonds is 6. The molecule has 1 heterocycles. The molecule has 1 amide bonds. The number of carbonyl (C=O) groups excluding carboxylic acids is 1. The van der Waals surface area contributed by atoms with E-state index in [0.29, 0.717) is 24.3 Å². The van der Waals surface area contributed by atoms with E-state index < -0.39 is 30.2 Å². The standard InChI is InChI=1S/C18H27NO6/c1-18(2,3)25-17(22)19-9-8-14(20)15(21)12-6-4-5-7-13(12)16-23-10-11-24-16/h4-7,14-16,20-21H,8-11H2,1-3H3,(H,19,22). The number of alkyl carbamates (subject to hydrolysis) is 1. The van der Waals surface area contributed by atoms with E-state index in [4.69, 9.17) is 14.2 Å². The maximum atomic E-state index is 11.6. The van der Waals surface area contributed by atoms with Gasteiger partial charge in [0, 0.05) is 12.1 Å². The Kier molecular flexibility index (Phi) is 6.78. The number of aliphatic hydroxyl groups is 2. The Balaban J connectivity index is 1.90. The van der Waals surface area contributed by atoms with E-state index in [1.165, 1.54) is 0 Å². The van der Waals surface area contributed by atoms with E-state index in [2.05, 4.69) is 5.32 Å². The zero-order valence-corrected chi connectivity index (χ0v) is 14.9. The maximum absolute atomic E-state index is 11.6. The van der Waals surface area contributed by atoms with Gasteiger partial charge in [0.1, 0.15) is 11.7 Å². The van der Waals surface area contributed by atoms with E-state index in [1.807, 2.05) is 6.07 Å². The molecule has 1 aliphatic heterocycles. The lowest BCUT2D eigenvalue weighted by molar-refractivity contribution is -0.0487. The lowest BCUT2D eigenvalue weighted by atomic mass is 9.96. The first-order chi connectivity index (χ1) is 11.8. The minimum absolute atomic E-state index is 0.182. The van der Waals surface area contributed by atoms with Crippen molar-refractivity contribution in [3.8, 4) is 0 Å². The predicted molar refractivity (Wildman–Crippen MR) is 90.9 cm³/mol. The Hall–Kier alpha value is -1.67. The normalized spacial score (nSPS) is 18.0. The third-order valence-electron chi connectivity index (χ3n) is 3.66. The summed E-state index contributed by atoms with van der Waals surface area (Å²) in [4.78, 5) is 11.6. The van der Waals surface area contributed by atoms with Crippen molar-refractivity contribution in [2.75, 3.05) is 19.8 Å². The van der Waals surface area contributed by atoms with Crippen LogP contribution in [0.5, 0.6) is 0 Å². The highest BCUT2D eigenvalue weighted by molar-refractivity contribution is 5.67. The Morgan fingerprint density at radius 2 is 1.92 bits per heavy atom. The largest absolute Gasteiger partial charge is 0.444 e. The molecule has 0 aromatic heterocycles. The highest BCUT2D eigenvalue weighted by atomic mass is 16.7. The van der Waals surface area contributed by atoms with Crippen LogP contribution in [-0.2, 0) is 14.2 Å². The molecular weight excluding hydrogens is 326 g/mol. The fourth-order valence-corrected chi connectivity index (χ4v) is 2.53. The Labute approximate surface area is 147 Å². The summed E-state index contributed by atoms with van der Waals surface area (Å²) in [5.41, 5.74) is 0.674. The molecule has 140 valence electrons. The number of aliphatic hydroxyl groups excluding tert-OH is 2. The van der Waals surface area contributed by atoms with Gasteiger partial charge in [-0.3, -0.25) is 0 Å². The van der Waals surface area contributed by atoms with E-state index in [0.717, 1.165) is 0 Å². The van der Waals surface area contributed by atoms with Crippen molar-refractivity contribution in [2.45, 2.75) is 51.3 Å². The molecule has 0 aliphatic carbocycles.